The maximum absolute atomic E-state index is 12.0. The van der Waals surface area contributed by atoms with Crippen LogP contribution in [0.25, 0.3) is 6.08 Å². The molecule has 1 aliphatic heterocycles. The highest BCUT2D eigenvalue weighted by Crippen LogP contribution is 2.29. The Labute approximate surface area is 150 Å². The summed E-state index contributed by atoms with van der Waals surface area (Å²) in [6, 6.07) is 12.1. The van der Waals surface area contributed by atoms with E-state index in [1.807, 2.05) is 35.7 Å². The second kappa shape index (κ2) is 7.68. The van der Waals surface area contributed by atoms with Gasteiger partial charge in [0.05, 0.1) is 10.6 Å². The third kappa shape index (κ3) is 3.88. The molecule has 1 aromatic heterocycles. The molecule has 0 unspecified atom stereocenters. The Morgan fingerprint density at radius 3 is 2.54 bits per heavy atom. The number of amides is 1. The molecule has 2 aromatic rings. The molecule has 0 radical (unpaired) electrons. The molecule has 1 amide bonds. The zero-order valence-electron chi connectivity index (χ0n) is 13.7. The van der Waals surface area contributed by atoms with E-state index in [-0.39, 0.29) is 5.91 Å². The van der Waals surface area contributed by atoms with Crippen LogP contribution in [0.15, 0.2) is 51.7 Å². The highest BCUT2D eigenvalue weighted by molar-refractivity contribution is 8.18. The van der Waals surface area contributed by atoms with Crippen molar-refractivity contribution in [1.82, 2.24) is 5.32 Å². The number of thioether (sulfide) groups is 1. The summed E-state index contributed by atoms with van der Waals surface area (Å²) in [6.07, 6.45) is 1.90. The van der Waals surface area contributed by atoms with Gasteiger partial charge in [-0.2, -0.15) is 0 Å². The first-order valence-corrected chi connectivity index (χ1v) is 9.57. The van der Waals surface area contributed by atoms with E-state index < -0.39 is 0 Å². The number of nitrogens with zero attached hydrogens (tertiary/aromatic N) is 2. The van der Waals surface area contributed by atoms with E-state index in [1.165, 1.54) is 17.4 Å². The summed E-state index contributed by atoms with van der Waals surface area (Å²) in [5.74, 6) is -0.0908. The molecule has 24 heavy (non-hydrogen) atoms. The first-order valence-electron chi connectivity index (χ1n) is 7.87. The number of benzene rings is 1. The monoisotopic (exact) mass is 357 g/mol. The average Bonchev–Trinajstić information content (AvgIpc) is 3.21. The number of anilines is 1. The number of rotatable bonds is 5. The van der Waals surface area contributed by atoms with Crippen LogP contribution in [0, 0.1) is 0 Å². The number of thiophene rings is 1. The summed E-state index contributed by atoms with van der Waals surface area (Å²) in [7, 11) is 0. The van der Waals surface area contributed by atoms with Crippen LogP contribution in [0.5, 0.6) is 0 Å². The fourth-order valence-electron chi connectivity index (χ4n) is 2.43. The minimum Gasteiger partial charge on any atom is -0.372 e. The predicted molar refractivity (Wildman–Crippen MR) is 105 cm³/mol. The molecule has 1 fully saturated rings. The van der Waals surface area contributed by atoms with Gasteiger partial charge in [-0.3, -0.25) is 4.79 Å². The first kappa shape index (κ1) is 16.8. The molecule has 1 N–H and O–H groups in total. The van der Waals surface area contributed by atoms with Gasteiger partial charge >= 0.3 is 0 Å². The summed E-state index contributed by atoms with van der Waals surface area (Å²) in [4.78, 5) is 20.6. The van der Waals surface area contributed by atoms with Gasteiger partial charge in [0.25, 0.3) is 5.91 Å². The Bertz CT molecular complexity index is 760. The summed E-state index contributed by atoms with van der Waals surface area (Å²) >= 11 is 2.99. The Morgan fingerprint density at radius 2 is 1.92 bits per heavy atom. The smallest absolute Gasteiger partial charge is 0.264 e. The van der Waals surface area contributed by atoms with E-state index >= 15 is 0 Å². The lowest BCUT2D eigenvalue weighted by molar-refractivity contribution is -0.115. The molecule has 0 saturated carbocycles. The summed E-state index contributed by atoms with van der Waals surface area (Å²) in [6.45, 7) is 6.24. The molecule has 4 nitrogen and oxygen atoms in total. The SMILES string of the molecule is CCN(CC)c1ccc(N=C2NC(=O)/C(=C\c3cccs3)S2)cc1. The van der Waals surface area contributed by atoms with Gasteiger partial charge in [-0.15, -0.1) is 11.3 Å². The molecule has 1 aliphatic rings. The van der Waals surface area contributed by atoms with Crippen LogP contribution >= 0.6 is 23.1 Å². The van der Waals surface area contributed by atoms with Crippen LogP contribution in [0.2, 0.25) is 0 Å². The van der Waals surface area contributed by atoms with E-state index in [1.54, 1.807) is 11.3 Å². The Hall–Kier alpha value is -2.05. The number of carbonyl (C=O) groups is 1. The molecule has 0 atom stereocenters. The summed E-state index contributed by atoms with van der Waals surface area (Å²) < 4.78 is 0. The minimum atomic E-state index is -0.0908. The van der Waals surface area contributed by atoms with Crippen molar-refractivity contribution in [3.05, 3.63) is 51.6 Å². The number of hydrogen-bond donors (Lipinski definition) is 1. The quantitative estimate of drug-likeness (QED) is 0.802. The average molecular weight is 358 g/mol. The van der Waals surface area contributed by atoms with Crippen molar-refractivity contribution in [2.45, 2.75) is 13.8 Å². The highest BCUT2D eigenvalue weighted by Gasteiger charge is 2.23. The minimum absolute atomic E-state index is 0.0908. The molecular formula is C18H19N3OS2. The number of hydrogen-bond acceptors (Lipinski definition) is 5. The van der Waals surface area contributed by atoms with Crippen LogP contribution in [-0.2, 0) is 4.79 Å². The normalized spacial score (nSPS) is 17.5. The highest BCUT2D eigenvalue weighted by atomic mass is 32.2. The van der Waals surface area contributed by atoms with E-state index in [2.05, 4.69) is 41.2 Å². The lowest BCUT2D eigenvalue weighted by Gasteiger charge is -2.20. The number of carbonyl (C=O) groups excluding carboxylic acids is 1. The number of nitrogens with one attached hydrogen (secondary N) is 1. The van der Waals surface area contributed by atoms with Gasteiger partial charge in [0.15, 0.2) is 5.17 Å². The summed E-state index contributed by atoms with van der Waals surface area (Å²) in [5.41, 5.74) is 2.02. The van der Waals surface area contributed by atoms with Crippen molar-refractivity contribution in [1.29, 1.82) is 0 Å². The van der Waals surface area contributed by atoms with E-state index in [9.17, 15) is 4.79 Å². The van der Waals surface area contributed by atoms with Crippen molar-refractivity contribution >= 4 is 51.6 Å². The first-order chi connectivity index (χ1) is 11.7. The van der Waals surface area contributed by atoms with E-state index in [0.717, 1.165) is 23.7 Å². The van der Waals surface area contributed by atoms with Gasteiger partial charge < -0.3 is 10.2 Å². The number of amidine groups is 1. The molecule has 0 spiro atoms. The van der Waals surface area contributed by atoms with Gasteiger partial charge in [0.1, 0.15) is 0 Å². The van der Waals surface area contributed by atoms with Gasteiger partial charge in [0, 0.05) is 23.7 Å². The summed E-state index contributed by atoms with van der Waals surface area (Å²) in [5, 5.41) is 5.44. The zero-order chi connectivity index (χ0) is 16.9. The van der Waals surface area contributed by atoms with Crippen molar-refractivity contribution in [2.75, 3.05) is 18.0 Å². The second-order valence-electron chi connectivity index (χ2n) is 5.19. The van der Waals surface area contributed by atoms with Crippen molar-refractivity contribution in [3.63, 3.8) is 0 Å². The molecule has 6 heteroatoms. The number of aliphatic imine (C=N–C) groups is 1. The van der Waals surface area contributed by atoms with Crippen LogP contribution in [0.1, 0.15) is 18.7 Å². The predicted octanol–water partition coefficient (Wildman–Crippen LogP) is 4.49. The zero-order valence-corrected chi connectivity index (χ0v) is 15.3. The van der Waals surface area contributed by atoms with Gasteiger partial charge in [-0.05, 0) is 67.4 Å². The lowest BCUT2D eigenvalue weighted by atomic mass is 10.2. The lowest BCUT2D eigenvalue weighted by Crippen LogP contribution is -2.21. The van der Waals surface area contributed by atoms with Crippen molar-refractivity contribution in [2.24, 2.45) is 4.99 Å². The topological polar surface area (TPSA) is 44.7 Å². The molecule has 1 saturated heterocycles. The van der Waals surface area contributed by atoms with Crippen LogP contribution < -0.4 is 10.2 Å². The van der Waals surface area contributed by atoms with Crippen LogP contribution in [0.3, 0.4) is 0 Å². The Morgan fingerprint density at radius 1 is 1.17 bits per heavy atom. The third-order valence-electron chi connectivity index (χ3n) is 3.68. The van der Waals surface area contributed by atoms with Crippen molar-refractivity contribution in [3.8, 4) is 0 Å². The molecule has 0 aliphatic carbocycles. The molecule has 2 heterocycles. The molecule has 1 aromatic carbocycles. The Balaban J connectivity index is 1.74. The van der Waals surface area contributed by atoms with Crippen LogP contribution in [-0.4, -0.2) is 24.2 Å². The fourth-order valence-corrected chi connectivity index (χ4v) is 3.99. The maximum Gasteiger partial charge on any atom is 0.264 e. The fraction of sp³-hybridized carbons (Fsp3) is 0.222. The van der Waals surface area contributed by atoms with Gasteiger partial charge in [0.2, 0.25) is 0 Å². The molecule has 124 valence electrons. The molecule has 0 bridgehead atoms. The largest absolute Gasteiger partial charge is 0.372 e. The van der Waals surface area contributed by atoms with Gasteiger partial charge in [-0.1, -0.05) is 6.07 Å². The van der Waals surface area contributed by atoms with Gasteiger partial charge in [-0.25, -0.2) is 4.99 Å². The third-order valence-corrected chi connectivity index (χ3v) is 5.41. The molecular weight excluding hydrogens is 338 g/mol. The standard InChI is InChI=1S/C18H19N3OS2/c1-3-21(4-2)14-9-7-13(8-10-14)19-18-20-17(22)16(24-18)12-15-6-5-11-23-15/h5-12H,3-4H2,1-2H3,(H,19,20,22)/b16-12+. The maximum atomic E-state index is 12.0. The van der Waals surface area contributed by atoms with E-state index in [4.69, 9.17) is 0 Å². The second-order valence-corrected chi connectivity index (χ2v) is 7.20. The van der Waals surface area contributed by atoms with E-state index in [0.29, 0.717) is 10.1 Å². The molecule has 3 rings (SSSR count). The Kier molecular flexibility index (Phi) is 5.37. The van der Waals surface area contributed by atoms with Crippen LogP contribution in [0.4, 0.5) is 11.4 Å². The van der Waals surface area contributed by atoms with Crippen molar-refractivity contribution < 1.29 is 4.79 Å².